The van der Waals surface area contributed by atoms with Gasteiger partial charge in [0.15, 0.2) is 0 Å². The number of rotatable bonds is 5. The van der Waals surface area contributed by atoms with E-state index in [1.807, 2.05) is 32.2 Å². The van der Waals surface area contributed by atoms with Gasteiger partial charge < -0.3 is 10.1 Å². The predicted octanol–water partition coefficient (Wildman–Crippen LogP) is 3.95. The summed E-state index contributed by atoms with van der Waals surface area (Å²) in [5.74, 6) is 0.676. The summed E-state index contributed by atoms with van der Waals surface area (Å²) < 4.78 is 19.0. The van der Waals surface area contributed by atoms with Gasteiger partial charge in [0.05, 0.1) is 7.11 Å². The van der Waals surface area contributed by atoms with Crippen LogP contribution in [-0.4, -0.2) is 14.2 Å². The van der Waals surface area contributed by atoms with Crippen LogP contribution in [0.3, 0.4) is 0 Å². The zero-order valence-corrected chi connectivity index (χ0v) is 13.0. The van der Waals surface area contributed by atoms with Crippen LogP contribution >= 0.6 is 0 Å². The Hall–Kier alpha value is -1.87. The van der Waals surface area contributed by atoms with Crippen molar-refractivity contribution in [2.24, 2.45) is 0 Å². The standard InChI is InChI=1S/C18H22FNO/c1-12-5-6-18(21-4)15(7-12)11-17(20-3)14-8-13(2)9-16(19)10-14/h5-10,17,20H,11H2,1-4H3. The van der Waals surface area contributed by atoms with Crippen molar-refractivity contribution < 1.29 is 9.13 Å². The number of hydrogen-bond donors (Lipinski definition) is 1. The molecule has 1 atom stereocenters. The maximum absolute atomic E-state index is 13.6. The molecule has 0 aliphatic carbocycles. The van der Waals surface area contributed by atoms with Gasteiger partial charge in [-0.1, -0.05) is 23.8 Å². The van der Waals surface area contributed by atoms with Crippen LogP contribution in [0.5, 0.6) is 5.75 Å². The Balaban J connectivity index is 2.32. The van der Waals surface area contributed by atoms with E-state index in [0.29, 0.717) is 0 Å². The summed E-state index contributed by atoms with van der Waals surface area (Å²) in [6, 6.07) is 11.3. The van der Waals surface area contributed by atoms with Gasteiger partial charge in [0, 0.05) is 6.04 Å². The fourth-order valence-electron chi connectivity index (χ4n) is 2.64. The van der Waals surface area contributed by atoms with Gasteiger partial charge in [-0.2, -0.15) is 0 Å². The van der Waals surface area contributed by atoms with Gasteiger partial charge in [-0.3, -0.25) is 0 Å². The molecule has 0 saturated heterocycles. The average molecular weight is 287 g/mol. The largest absolute Gasteiger partial charge is 0.496 e. The van der Waals surface area contributed by atoms with Crippen molar-refractivity contribution in [3.63, 3.8) is 0 Å². The molecule has 0 aliphatic rings. The molecular formula is C18H22FNO. The Morgan fingerprint density at radius 2 is 1.86 bits per heavy atom. The summed E-state index contributed by atoms with van der Waals surface area (Å²) in [6.45, 7) is 3.97. The van der Waals surface area contributed by atoms with E-state index in [-0.39, 0.29) is 11.9 Å². The number of halogens is 1. The summed E-state index contributed by atoms with van der Waals surface area (Å²) in [5.41, 5.74) is 4.20. The minimum absolute atomic E-state index is 0.0510. The number of ether oxygens (including phenoxy) is 1. The summed E-state index contributed by atoms with van der Waals surface area (Å²) in [5, 5.41) is 3.27. The van der Waals surface area contributed by atoms with E-state index in [9.17, 15) is 4.39 Å². The first-order chi connectivity index (χ1) is 10.0. The van der Waals surface area contributed by atoms with Gasteiger partial charge in [0.25, 0.3) is 0 Å². The van der Waals surface area contributed by atoms with Crippen LogP contribution in [0.1, 0.15) is 28.3 Å². The summed E-state index contributed by atoms with van der Waals surface area (Å²) in [7, 11) is 3.57. The highest BCUT2D eigenvalue weighted by Gasteiger charge is 2.14. The molecule has 112 valence electrons. The molecule has 0 saturated carbocycles. The molecule has 2 nitrogen and oxygen atoms in total. The Kier molecular flexibility index (Phi) is 4.97. The van der Waals surface area contributed by atoms with Crippen LogP contribution in [0.25, 0.3) is 0 Å². The van der Waals surface area contributed by atoms with Crippen LogP contribution in [0.15, 0.2) is 36.4 Å². The van der Waals surface area contributed by atoms with Crippen molar-refractivity contribution in [3.05, 3.63) is 64.5 Å². The van der Waals surface area contributed by atoms with Gasteiger partial charge in [-0.15, -0.1) is 0 Å². The second-order valence-electron chi connectivity index (χ2n) is 5.42. The smallest absolute Gasteiger partial charge is 0.123 e. The van der Waals surface area contributed by atoms with Gasteiger partial charge >= 0.3 is 0 Å². The van der Waals surface area contributed by atoms with Crippen molar-refractivity contribution in [1.29, 1.82) is 0 Å². The molecule has 2 rings (SSSR count). The molecule has 0 amide bonds. The zero-order chi connectivity index (χ0) is 15.4. The topological polar surface area (TPSA) is 21.3 Å². The maximum atomic E-state index is 13.6. The Bertz CT molecular complexity index is 604. The summed E-state index contributed by atoms with van der Waals surface area (Å²) in [4.78, 5) is 0. The third-order valence-electron chi connectivity index (χ3n) is 3.68. The predicted molar refractivity (Wildman–Crippen MR) is 84.4 cm³/mol. The Labute approximate surface area is 126 Å². The molecule has 1 unspecified atom stereocenters. The number of hydrogen-bond acceptors (Lipinski definition) is 2. The minimum atomic E-state index is -0.193. The molecule has 0 spiro atoms. The molecule has 0 bridgehead atoms. The molecule has 0 radical (unpaired) electrons. The Morgan fingerprint density at radius 3 is 2.48 bits per heavy atom. The van der Waals surface area contributed by atoms with Gasteiger partial charge in [0.1, 0.15) is 11.6 Å². The van der Waals surface area contributed by atoms with E-state index < -0.39 is 0 Å². The lowest BCUT2D eigenvalue weighted by atomic mass is 9.96. The van der Waals surface area contributed by atoms with E-state index in [1.165, 1.54) is 5.56 Å². The van der Waals surface area contributed by atoms with E-state index in [4.69, 9.17) is 4.74 Å². The maximum Gasteiger partial charge on any atom is 0.123 e. The SMILES string of the molecule is CNC(Cc1cc(C)ccc1OC)c1cc(C)cc(F)c1. The van der Waals surface area contributed by atoms with Crippen LogP contribution in [0.4, 0.5) is 4.39 Å². The van der Waals surface area contributed by atoms with Crippen LogP contribution in [-0.2, 0) is 6.42 Å². The van der Waals surface area contributed by atoms with Crippen molar-refractivity contribution >= 4 is 0 Å². The summed E-state index contributed by atoms with van der Waals surface area (Å²) in [6.07, 6.45) is 0.754. The second-order valence-corrected chi connectivity index (χ2v) is 5.42. The number of methoxy groups -OCH3 is 1. The molecule has 0 aromatic heterocycles. The van der Waals surface area contributed by atoms with Gasteiger partial charge in [-0.05, 0) is 62.2 Å². The molecule has 2 aromatic carbocycles. The fourth-order valence-corrected chi connectivity index (χ4v) is 2.64. The third kappa shape index (κ3) is 3.82. The van der Waals surface area contributed by atoms with E-state index >= 15 is 0 Å². The molecule has 0 aliphatic heterocycles. The first kappa shape index (κ1) is 15.5. The lowest BCUT2D eigenvalue weighted by molar-refractivity contribution is 0.406. The number of benzene rings is 2. The van der Waals surface area contributed by atoms with Crippen molar-refractivity contribution in [2.75, 3.05) is 14.2 Å². The highest BCUT2D eigenvalue weighted by Crippen LogP contribution is 2.26. The quantitative estimate of drug-likeness (QED) is 0.899. The zero-order valence-electron chi connectivity index (χ0n) is 13.0. The van der Waals surface area contributed by atoms with Crippen molar-refractivity contribution in [3.8, 4) is 5.75 Å². The van der Waals surface area contributed by atoms with E-state index in [1.54, 1.807) is 19.2 Å². The molecule has 3 heteroatoms. The van der Waals surface area contributed by atoms with E-state index in [0.717, 1.165) is 28.9 Å². The lowest BCUT2D eigenvalue weighted by Gasteiger charge is -2.19. The van der Waals surface area contributed by atoms with E-state index in [2.05, 4.69) is 18.3 Å². The number of aryl methyl sites for hydroxylation is 2. The van der Waals surface area contributed by atoms with Crippen molar-refractivity contribution in [1.82, 2.24) is 5.32 Å². The van der Waals surface area contributed by atoms with Crippen LogP contribution in [0, 0.1) is 19.7 Å². The summed E-state index contributed by atoms with van der Waals surface area (Å²) >= 11 is 0. The molecule has 0 heterocycles. The van der Waals surface area contributed by atoms with Crippen LogP contribution < -0.4 is 10.1 Å². The molecule has 1 N–H and O–H groups in total. The second kappa shape index (κ2) is 6.72. The number of likely N-dealkylation sites (N-methyl/N-ethyl adjacent to an activating group) is 1. The van der Waals surface area contributed by atoms with Gasteiger partial charge in [0.2, 0.25) is 0 Å². The molecule has 0 fully saturated rings. The monoisotopic (exact) mass is 287 g/mol. The highest BCUT2D eigenvalue weighted by atomic mass is 19.1. The molecule has 21 heavy (non-hydrogen) atoms. The average Bonchev–Trinajstić information content (AvgIpc) is 2.43. The first-order valence-corrected chi connectivity index (χ1v) is 7.11. The number of nitrogens with one attached hydrogen (secondary N) is 1. The molecule has 2 aromatic rings. The fraction of sp³-hybridized carbons (Fsp3) is 0.333. The van der Waals surface area contributed by atoms with Crippen LogP contribution in [0.2, 0.25) is 0 Å². The Morgan fingerprint density at radius 1 is 1.10 bits per heavy atom. The first-order valence-electron chi connectivity index (χ1n) is 7.11. The molecular weight excluding hydrogens is 265 g/mol. The normalized spacial score (nSPS) is 12.2. The third-order valence-corrected chi connectivity index (χ3v) is 3.68. The van der Waals surface area contributed by atoms with Crippen molar-refractivity contribution in [2.45, 2.75) is 26.3 Å². The highest BCUT2D eigenvalue weighted by molar-refractivity contribution is 5.38. The lowest BCUT2D eigenvalue weighted by Crippen LogP contribution is -2.19. The van der Waals surface area contributed by atoms with Gasteiger partial charge in [-0.25, -0.2) is 4.39 Å². The minimum Gasteiger partial charge on any atom is -0.496 e.